The second kappa shape index (κ2) is 10.0. The number of carbonyl (C=O) groups is 2. The van der Waals surface area contributed by atoms with Gasteiger partial charge in [0.1, 0.15) is 0 Å². The third kappa shape index (κ3) is 5.09. The summed E-state index contributed by atoms with van der Waals surface area (Å²) in [7, 11) is 1.82. The van der Waals surface area contributed by atoms with Gasteiger partial charge in [-0.15, -0.1) is 0 Å². The zero-order chi connectivity index (χ0) is 24.2. The summed E-state index contributed by atoms with van der Waals surface area (Å²) in [5.74, 6) is -0.619. The number of carbonyl (C=O) groups excluding carboxylic acids is 1. The SMILES string of the molecule is Cc1ccccc1C(CC(=N)C1CCC(=O)N(C)C1)c1ccc(-c2ccc(C(=O)O)cc2)cc1. The highest BCUT2D eigenvalue weighted by Crippen LogP contribution is 2.34. The van der Waals surface area contributed by atoms with E-state index in [-0.39, 0.29) is 23.3 Å². The van der Waals surface area contributed by atoms with E-state index in [0.717, 1.165) is 23.1 Å². The van der Waals surface area contributed by atoms with Crippen LogP contribution >= 0.6 is 0 Å². The standard InChI is InChI=1S/C29H30N2O3/c1-19-5-3-4-6-25(19)26(17-27(30)24-15-16-28(32)31(2)18-24)22-11-7-20(8-12-22)21-9-13-23(14-10-21)29(33)34/h3-14,24,26,30H,15-18H2,1-2H3,(H,33,34). The molecule has 0 aliphatic carbocycles. The molecule has 5 nitrogen and oxygen atoms in total. The lowest BCUT2D eigenvalue weighted by molar-refractivity contribution is -0.132. The molecule has 0 saturated carbocycles. The monoisotopic (exact) mass is 454 g/mol. The molecule has 1 amide bonds. The van der Waals surface area contributed by atoms with Crippen molar-refractivity contribution in [1.82, 2.24) is 4.90 Å². The number of aromatic carboxylic acids is 1. The van der Waals surface area contributed by atoms with Crippen LogP contribution in [0.3, 0.4) is 0 Å². The largest absolute Gasteiger partial charge is 0.478 e. The van der Waals surface area contributed by atoms with Crippen LogP contribution in [0.5, 0.6) is 0 Å². The Balaban J connectivity index is 1.60. The van der Waals surface area contributed by atoms with Crippen LogP contribution in [0.1, 0.15) is 52.2 Å². The zero-order valence-corrected chi connectivity index (χ0v) is 19.6. The molecule has 1 aliphatic rings. The minimum Gasteiger partial charge on any atom is -0.478 e. The number of benzene rings is 3. The van der Waals surface area contributed by atoms with E-state index in [9.17, 15) is 9.59 Å². The first-order chi connectivity index (χ1) is 16.3. The predicted molar refractivity (Wildman–Crippen MR) is 135 cm³/mol. The van der Waals surface area contributed by atoms with Crippen molar-refractivity contribution in [2.24, 2.45) is 5.92 Å². The highest BCUT2D eigenvalue weighted by molar-refractivity contribution is 5.89. The molecular weight excluding hydrogens is 424 g/mol. The second-order valence-electron chi connectivity index (χ2n) is 9.15. The number of rotatable bonds is 7. The third-order valence-electron chi connectivity index (χ3n) is 6.89. The summed E-state index contributed by atoms with van der Waals surface area (Å²) in [6.07, 6.45) is 1.87. The number of nitrogens with zero attached hydrogens (tertiary/aromatic N) is 1. The molecule has 0 aromatic heterocycles. The molecule has 3 aromatic carbocycles. The molecule has 34 heavy (non-hydrogen) atoms. The number of nitrogens with one attached hydrogen (secondary N) is 1. The number of likely N-dealkylation sites (tertiary alicyclic amines) is 1. The van der Waals surface area contributed by atoms with Gasteiger partial charge in [0.25, 0.3) is 0 Å². The molecule has 0 bridgehead atoms. The van der Waals surface area contributed by atoms with Gasteiger partial charge in [-0.3, -0.25) is 4.79 Å². The number of piperidine rings is 1. The van der Waals surface area contributed by atoms with E-state index in [2.05, 4.69) is 43.3 Å². The van der Waals surface area contributed by atoms with Crippen molar-refractivity contribution in [2.45, 2.75) is 32.1 Å². The van der Waals surface area contributed by atoms with Gasteiger partial charge in [-0.2, -0.15) is 0 Å². The third-order valence-corrected chi connectivity index (χ3v) is 6.89. The average Bonchev–Trinajstić information content (AvgIpc) is 2.85. The molecule has 1 saturated heterocycles. The lowest BCUT2D eigenvalue weighted by Gasteiger charge is -2.31. The van der Waals surface area contributed by atoms with Crippen LogP contribution in [0.4, 0.5) is 0 Å². The van der Waals surface area contributed by atoms with Gasteiger partial charge < -0.3 is 15.4 Å². The fourth-order valence-corrected chi connectivity index (χ4v) is 4.78. The quantitative estimate of drug-likeness (QED) is 0.445. The van der Waals surface area contributed by atoms with Gasteiger partial charge in [-0.1, -0.05) is 60.7 Å². The molecule has 3 aromatic rings. The molecule has 1 fully saturated rings. The Hall–Kier alpha value is -3.73. The average molecular weight is 455 g/mol. The van der Waals surface area contributed by atoms with Crippen molar-refractivity contribution in [3.05, 3.63) is 95.1 Å². The minimum absolute atomic E-state index is 0.0556. The number of carboxylic acids is 1. The van der Waals surface area contributed by atoms with Crippen molar-refractivity contribution in [3.63, 3.8) is 0 Å². The van der Waals surface area contributed by atoms with E-state index in [1.807, 2.05) is 31.3 Å². The number of aryl methyl sites for hydroxylation is 1. The first-order valence-corrected chi connectivity index (χ1v) is 11.6. The summed E-state index contributed by atoms with van der Waals surface area (Å²) in [6, 6.07) is 23.6. The highest BCUT2D eigenvalue weighted by atomic mass is 16.4. The zero-order valence-electron chi connectivity index (χ0n) is 19.6. The van der Waals surface area contributed by atoms with E-state index in [1.165, 1.54) is 11.1 Å². The highest BCUT2D eigenvalue weighted by Gasteiger charge is 2.28. The Bertz CT molecular complexity index is 1200. The fraction of sp³-hybridized carbons (Fsp3) is 0.276. The maximum Gasteiger partial charge on any atom is 0.335 e. The molecule has 0 radical (unpaired) electrons. The number of carboxylic acid groups (broad SMARTS) is 1. The van der Waals surface area contributed by atoms with Crippen LogP contribution in [-0.4, -0.2) is 41.2 Å². The van der Waals surface area contributed by atoms with E-state index in [1.54, 1.807) is 17.0 Å². The molecule has 2 atom stereocenters. The van der Waals surface area contributed by atoms with Gasteiger partial charge in [0, 0.05) is 37.6 Å². The van der Waals surface area contributed by atoms with E-state index in [0.29, 0.717) is 25.1 Å². The summed E-state index contributed by atoms with van der Waals surface area (Å²) in [5.41, 5.74) is 6.51. The summed E-state index contributed by atoms with van der Waals surface area (Å²) in [5, 5.41) is 18.0. The Morgan fingerprint density at radius 2 is 1.65 bits per heavy atom. The van der Waals surface area contributed by atoms with Crippen LogP contribution in [0.15, 0.2) is 72.8 Å². The maximum atomic E-state index is 11.9. The van der Waals surface area contributed by atoms with Gasteiger partial charge in [-0.25, -0.2) is 4.79 Å². The Morgan fingerprint density at radius 1 is 1.03 bits per heavy atom. The van der Waals surface area contributed by atoms with Crippen molar-refractivity contribution in [1.29, 1.82) is 5.41 Å². The lowest BCUT2D eigenvalue weighted by Crippen LogP contribution is -2.40. The number of hydrogen-bond acceptors (Lipinski definition) is 3. The van der Waals surface area contributed by atoms with E-state index >= 15 is 0 Å². The first-order valence-electron chi connectivity index (χ1n) is 11.6. The molecule has 174 valence electrons. The van der Waals surface area contributed by atoms with Gasteiger partial charge in [-0.05, 0) is 59.7 Å². The molecule has 1 aliphatic heterocycles. The van der Waals surface area contributed by atoms with Crippen molar-refractivity contribution >= 4 is 17.6 Å². The minimum atomic E-state index is -0.932. The van der Waals surface area contributed by atoms with Crippen LogP contribution in [-0.2, 0) is 4.79 Å². The predicted octanol–water partition coefficient (Wildman–Crippen LogP) is 5.77. The topological polar surface area (TPSA) is 81.5 Å². The second-order valence-corrected chi connectivity index (χ2v) is 9.15. The Labute approximate surface area is 200 Å². The Kier molecular flexibility index (Phi) is 6.92. The maximum absolute atomic E-state index is 11.9. The fourth-order valence-electron chi connectivity index (χ4n) is 4.78. The molecular formula is C29H30N2O3. The van der Waals surface area contributed by atoms with Crippen molar-refractivity contribution in [2.75, 3.05) is 13.6 Å². The molecule has 2 N–H and O–H groups in total. The Morgan fingerprint density at radius 3 is 2.24 bits per heavy atom. The number of hydrogen-bond donors (Lipinski definition) is 2. The van der Waals surface area contributed by atoms with Crippen molar-refractivity contribution < 1.29 is 14.7 Å². The van der Waals surface area contributed by atoms with Gasteiger partial charge in [0.15, 0.2) is 0 Å². The molecule has 0 spiro atoms. The first kappa shape index (κ1) is 23.4. The van der Waals surface area contributed by atoms with Gasteiger partial charge in [0.05, 0.1) is 5.56 Å². The van der Waals surface area contributed by atoms with E-state index in [4.69, 9.17) is 10.5 Å². The summed E-state index contributed by atoms with van der Waals surface area (Å²) >= 11 is 0. The lowest BCUT2D eigenvalue weighted by atomic mass is 9.80. The smallest absolute Gasteiger partial charge is 0.335 e. The molecule has 1 heterocycles. The molecule has 4 rings (SSSR count). The van der Waals surface area contributed by atoms with Gasteiger partial charge in [0.2, 0.25) is 5.91 Å². The number of amides is 1. The van der Waals surface area contributed by atoms with Gasteiger partial charge >= 0.3 is 5.97 Å². The van der Waals surface area contributed by atoms with Crippen LogP contribution < -0.4 is 0 Å². The molecule has 2 unspecified atom stereocenters. The van der Waals surface area contributed by atoms with Crippen LogP contribution in [0.2, 0.25) is 0 Å². The van der Waals surface area contributed by atoms with Crippen molar-refractivity contribution in [3.8, 4) is 11.1 Å². The van der Waals surface area contributed by atoms with E-state index < -0.39 is 5.97 Å². The van der Waals surface area contributed by atoms with Crippen LogP contribution in [0.25, 0.3) is 11.1 Å². The summed E-state index contributed by atoms with van der Waals surface area (Å²) in [6.45, 7) is 2.72. The summed E-state index contributed by atoms with van der Waals surface area (Å²) < 4.78 is 0. The normalized spacial score (nSPS) is 16.8. The summed E-state index contributed by atoms with van der Waals surface area (Å²) in [4.78, 5) is 24.8. The van der Waals surface area contributed by atoms with Crippen LogP contribution in [0, 0.1) is 18.3 Å². The molecule has 5 heteroatoms.